The number of nitrogens with one attached hydrogen (secondary N) is 2. The number of hydrogen-bond acceptors (Lipinski definition) is 2. The zero-order valence-electron chi connectivity index (χ0n) is 15.3. The van der Waals surface area contributed by atoms with Crippen molar-refractivity contribution < 1.29 is 14.0 Å². The van der Waals surface area contributed by atoms with Crippen LogP contribution >= 0.6 is 0 Å². The largest absolute Gasteiger partial charge is 0.356 e. The molecule has 27 heavy (non-hydrogen) atoms. The van der Waals surface area contributed by atoms with Gasteiger partial charge in [0, 0.05) is 24.1 Å². The molecule has 5 heteroatoms. The van der Waals surface area contributed by atoms with Gasteiger partial charge in [-0.2, -0.15) is 0 Å². The lowest BCUT2D eigenvalue weighted by Crippen LogP contribution is -2.36. The van der Waals surface area contributed by atoms with Crippen LogP contribution in [0.3, 0.4) is 0 Å². The van der Waals surface area contributed by atoms with Gasteiger partial charge in [-0.05, 0) is 61.9 Å². The van der Waals surface area contributed by atoms with E-state index in [0.717, 1.165) is 36.9 Å². The summed E-state index contributed by atoms with van der Waals surface area (Å²) >= 11 is 0. The first-order chi connectivity index (χ1) is 13.1. The Balaban J connectivity index is 1.38. The van der Waals surface area contributed by atoms with Crippen LogP contribution in [-0.2, 0) is 16.0 Å². The summed E-state index contributed by atoms with van der Waals surface area (Å²) in [6.07, 6.45) is 3.61. The van der Waals surface area contributed by atoms with Crippen LogP contribution in [-0.4, -0.2) is 18.4 Å². The van der Waals surface area contributed by atoms with Gasteiger partial charge in [0.05, 0.1) is 0 Å². The van der Waals surface area contributed by atoms with Crippen molar-refractivity contribution in [3.8, 4) is 0 Å². The van der Waals surface area contributed by atoms with Gasteiger partial charge in [-0.1, -0.05) is 30.3 Å². The number of anilines is 1. The molecule has 0 saturated heterocycles. The van der Waals surface area contributed by atoms with Crippen molar-refractivity contribution in [1.29, 1.82) is 0 Å². The zero-order chi connectivity index (χ0) is 19.1. The van der Waals surface area contributed by atoms with E-state index in [-0.39, 0.29) is 29.5 Å². The molecule has 0 aromatic heterocycles. The molecule has 0 bridgehead atoms. The van der Waals surface area contributed by atoms with E-state index in [1.54, 1.807) is 12.1 Å². The van der Waals surface area contributed by atoms with Gasteiger partial charge < -0.3 is 10.6 Å². The molecule has 2 aromatic carbocycles. The Morgan fingerprint density at radius 1 is 0.852 bits per heavy atom. The molecule has 0 unspecified atom stereocenters. The zero-order valence-corrected chi connectivity index (χ0v) is 15.3. The van der Waals surface area contributed by atoms with Crippen molar-refractivity contribution in [2.75, 3.05) is 11.9 Å². The fourth-order valence-electron chi connectivity index (χ4n) is 3.51. The average molecular weight is 368 g/mol. The average Bonchev–Trinajstić information content (AvgIpc) is 2.70. The molecule has 2 aromatic rings. The molecular weight excluding hydrogens is 343 g/mol. The monoisotopic (exact) mass is 368 g/mol. The van der Waals surface area contributed by atoms with E-state index in [4.69, 9.17) is 0 Å². The summed E-state index contributed by atoms with van der Waals surface area (Å²) in [6.45, 7) is 0.541. The number of para-hydroxylation sites is 1. The van der Waals surface area contributed by atoms with Gasteiger partial charge in [-0.3, -0.25) is 9.59 Å². The molecule has 1 aliphatic carbocycles. The molecule has 142 valence electrons. The number of rotatable bonds is 6. The summed E-state index contributed by atoms with van der Waals surface area (Å²) < 4.78 is 12.9. The minimum atomic E-state index is -0.254. The Morgan fingerprint density at radius 2 is 1.44 bits per heavy atom. The van der Waals surface area contributed by atoms with Crippen molar-refractivity contribution in [3.63, 3.8) is 0 Å². The highest BCUT2D eigenvalue weighted by molar-refractivity contribution is 5.92. The lowest BCUT2D eigenvalue weighted by Gasteiger charge is -2.27. The summed E-state index contributed by atoms with van der Waals surface area (Å²) in [7, 11) is 0. The van der Waals surface area contributed by atoms with Crippen molar-refractivity contribution >= 4 is 17.5 Å². The van der Waals surface area contributed by atoms with E-state index < -0.39 is 0 Å². The van der Waals surface area contributed by atoms with Gasteiger partial charge in [0.1, 0.15) is 5.82 Å². The fraction of sp³-hybridized carbons (Fsp3) is 0.364. The molecule has 0 radical (unpaired) electrons. The summed E-state index contributed by atoms with van der Waals surface area (Å²) in [4.78, 5) is 24.7. The lowest BCUT2D eigenvalue weighted by molar-refractivity contribution is -0.128. The first kappa shape index (κ1) is 19.1. The van der Waals surface area contributed by atoms with E-state index in [1.165, 1.54) is 12.1 Å². The number of hydrogen-bond donors (Lipinski definition) is 2. The number of carbonyl (C=O) groups is 2. The van der Waals surface area contributed by atoms with Gasteiger partial charge >= 0.3 is 0 Å². The maximum Gasteiger partial charge on any atom is 0.227 e. The van der Waals surface area contributed by atoms with Crippen LogP contribution < -0.4 is 10.6 Å². The summed E-state index contributed by atoms with van der Waals surface area (Å²) in [5, 5.41) is 5.91. The number of benzene rings is 2. The number of amides is 2. The molecule has 1 fully saturated rings. The molecule has 1 aliphatic rings. The Labute approximate surface area is 159 Å². The topological polar surface area (TPSA) is 58.2 Å². The van der Waals surface area contributed by atoms with Crippen LogP contribution in [0.4, 0.5) is 10.1 Å². The highest BCUT2D eigenvalue weighted by Crippen LogP contribution is 2.29. The minimum Gasteiger partial charge on any atom is -0.356 e. The molecular formula is C22H25FN2O2. The van der Waals surface area contributed by atoms with Gasteiger partial charge in [-0.15, -0.1) is 0 Å². The molecule has 2 amide bonds. The second kappa shape index (κ2) is 9.31. The van der Waals surface area contributed by atoms with E-state index >= 15 is 0 Å². The van der Waals surface area contributed by atoms with Crippen LogP contribution in [0.15, 0.2) is 54.6 Å². The SMILES string of the molecule is O=C(NCCc1ccc(F)cc1)C1CCC(C(=O)Nc2ccccc2)CC1. The van der Waals surface area contributed by atoms with E-state index in [1.807, 2.05) is 30.3 Å². The standard InChI is InChI=1S/C22H25FN2O2/c23-19-12-6-16(7-13-19)14-15-24-21(26)17-8-10-18(11-9-17)22(27)25-20-4-2-1-3-5-20/h1-7,12-13,17-18H,8-11,14-15H2,(H,24,26)(H,25,27). The third kappa shape index (κ3) is 5.64. The molecule has 2 N–H and O–H groups in total. The highest BCUT2D eigenvalue weighted by atomic mass is 19.1. The van der Waals surface area contributed by atoms with Crippen LogP contribution in [0.5, 0.6) is 0 Å². The lowest BCUT2D eigenvalue weighted by atomic mass is 9.81. The first-order valence-electron chi connectivity index (χ1n) is 9.50. The molecule has 3 rings (SSSR count). The minimum absolute atomic E-state index is 0.0287. The second-order valence-electron chi connectivity index (χ2n) is 7.07. The predicted octanol–water partition coefficient (Wildman–Crippen LogP) is 3.93. The number of carbonyl (C=O) groups excluding carboxylic acids is 2. The predicted molar refractivity (Wildman–Crippen MR) is 104 cm³/mol. The third-order valence-electron chi connectivity index (χ3n) is 5.14. The molecule has 0 atom stereocenters. The summed E-state index contributed by atoms with van der Waals surface area (Å²) in [5.41, 5.74) is 1.81. The van der Waals surface area contributed by atoms with Crippen molar-refractivity contribution in [2.24, 2.45) is 11.8 Å². The van der Waals surface area contributed by atoms with Gasteiger partial charge in [0.2, 0.25) is 11.8 Å². The van der Waals surface area contributed by atoms with Crippen molar-refractivity contribution in [3.05, 3.63) is 66.0 Å². The van der Waals surface area contributed by atoms with E-state index in [0.29, 0.717) is 13.0 Å². The summed E-state index contributed by atoms with van der Waals surface area (Å²) in [6, 6.07) is 15.8. The first-order valence-corrected chi connectivity index (χ1v) is 9.50. The van der Waals surface area contributed by atoms with Gasteiger partial charge in [0.25, 0.3) is 0 Å². The Kier molecular flexibility index (Phi) is 6.58. The Hall–Kier alpha value is -2.69. The maximum atomic E-state index is 12.9. The van der Waals surface area contributed by atoms with E-state index in [9.17, 15) is 14.0 Å². The molecule has 4 nitrogen and oxygen atoms in total. The normalized spacial score (nSPS) is 19.3. The van der Waals surface area contributed by atoms with Crippen LogP contribution in [0, 0.1) is 17.7 Å². The summed E-state index contributed by atoms with van der Waals surface area (Å²) in [5.74, 6) is -0.223. The smallest absolute Gasteiger partial charge is 0.227 e. The molecule has 0 spiro atoms. The fourth-order valence-corrected chi connectivity index (χ4v) is 3.51. The van der Waals surface area contributed by atoms with Crippen molar-refractivity contribution in [1.82, 2.24) is 5.32 Å². The van der Waals surface area contributed by atoms with Crippen LogP contribution in [0.1, 0.15) is 31.2 Å². The Morgan fingerprint density at radius 3 is 2.07 bits per heavy atom. The highest BCUT2D eigenvalue weighted by Gasteiger charge is 2.29. The maximum absolute atomic E-state index is 12.9. The molecule has 0 aliphatic heterocycles. The second-order valence-corrected chi connectivity index (χ2v) is 7.07. The number of halogens is 1. The molecule has 1 saturated carbocycles. The van der Waals surface area contributed by atoms with Crippen LogP contribution in [0.2, 0.25) is 0 Å². The Bertz CT molecular complexity index is 754. The van der Waals surface area contributed by atoms with Gasteiger partial charge in [0.15, 0.2) is 0 Å². The molecule has 0 heterocycles. The van der Waals surface area contributed by atoms with Crippen LogP contribution in [0.25, 0.3) is 0 Å². The van der Waals surface area contributed by atoms with E-state index in [2.05, 4.69) is 10.6 Å². The third-order valence-corrected chi connectivity index (χ3v) is 5.14. The van der Waals surface area contributed by atoms with Gasteiger partial charge in [-0.25, -0.2) is 4.39 Å². The quantitative estimate of drug-likeness (QED) is 0.812. The van der Waals surface area contributed by atoms with Crippen molar-refractivity contribution in [2.45, 2.75) is 32.1 Å².